The number of ether oxygens (including phenoxy) is 1. The zero-order valence-corrected chi connectivity index (χ0v) is 14.7. The summed E-state index contributed by atoms with van der Waals surface area (Å²) in [6, 6.07) is 21.2. The molecule has 0 saturated heterocycles. The fourth-order valence-corrected chi connectivity index (χ4v) is 4.94. The molecule has 2 saturated carbocycles. The summed E-state index contributed by atoms with van der Waals surface area (Å²) < 4.78 is 5.22. The molecule has 2 atom stereocenters. The summed E-state index contributed by atoms with van der Waals surface area (Å²) in [5.74, 6) is 0.419. The number of hydrogen-bond acceptors (Lipinski definition) is 2. The molecule has 0 bridgehead atoms. The molecule has 0 amide bonds. The van der Waals surface area contributed by atoms with Gasteiger partial charge in [0.05, 0.1) is 12.5 Å². The van der Waals surface area contributed by atoms with Gasteiger partial charge in [0.1, 0.15) is 0 Å². The topological polar surface area (TPSA) is 26.3 Å². The first-order valence-corrected chi connectivity index (χ1v) is 9.16. The van der Waals surface area contributed by atoms with Crippen LogP contribution in [0.25, 0.3) is 5.57 Å². The van der Waals surface area contributed by atoms with E-state index < -0.39 is 0 Å². The van der Waals surface area contributed by atoms with Gasteiger partial charge in [-0.25, -0.2) is 0 Å². The second-order valence-corrected chi connectivity index (χ2v) is 7.33. The minimum absolute atomic E-state index is 0.00882. The molecule has 2 heteroatoms. The second kappa shape index (κ2) is 6.51. The van der Waals surface area contributed by atoms with Crippen LogP contribution in [0.1, 0.15) is 43.2 Å². The third-order valence-corrected chi connectivity index (χ3v) is 6.05. The van der Waals surface area contributed by atoms with Crippen LogP contribution in [0.3, 0.4) is 0 Å². The number of hydrogen-bond donors (Lipinski definition) is 0. The van der Waals surface area contributed by atoms with Crippen LogP contribution in [0.4, 0.5) is 0 Å². The number of carbonyl (C=O) groups is 1. The first-order chi connectivity index (χ1) is 12.2. The van der Waals surface area contributed by atoms with Crippen molar-refractivity contribution in [2.75, 3.05) is 7.11 Å². The van der Waals surface area contributed by atoms with Crippen molar-refractivity contribution in [3.05, 3.63) is 77.4 Å². The van der Waals surface area contributed by atoms with Crippen molar-refractivity contribution in [3.63, 3.8) is 0 Å². The van der Waals surface area contributed by atoms with Crippen LogP contribution in [-0.2, 0) is 9.53 Å². The van der Waals surface area contributed by atoms with Gasteiger partial charge in [-0.15, -0.1) is 0 Å². The summed E-state index contributed by atoms with van der Waals surface area (Å²) in [6.45, 7) is 0. The predicted molar refractivity (Wildman–Crippen MR) is 99.9 cm³/mol. The normalized spacial score (nSPS) is 24.8. The van der Waals surface area contributed by atoms with Crippen molar-refractivity contribution in [2.45, 2.75) is 32.1 Å². The number of esters is 1. The van der Waals surface area contributed by atoms with Gasteiger partial charge in [0.2, 0.25) is 0 Å². The average Bonchev–Trinajstić information content (AvgIpc) is 3.21. The average molecular weight is 332 g/mol. The highest BCUT2D eigenvalue weighted by Crippen LogP contribution is 2.58. The lowest BCUT2D eigenvalue weighted by molar-refractivity contribution is -0.153. The lowest BCUT2D eigenvalue weighted by atomic mass is 9.80. The Hall–Kier alpha value is -2.35. The smallest absolute Gasteiger partial charge is 0.312 e. The number of rotatable bonds is 3. The van der Waals surface area contributed by atoms with E-state index in [1.807, 2.05) is 0 Å². The summed E-state index contributed by atoms with van der Waals surface area (Å²) >= 11 is 0. The Morgan fingerprint density at radius 1 is 1.00 bits per heavy atom. The molecule has 2 nitrogen and oxygen atoms in total. The third-order valence-electron chi connectivity index (χ3n) is 6.05. The highest BCUT2D eigenvalue weighted by molar-refractivity contribution is 5.85. The monoisotopic (exact) mass is 332 g/mol. The van der Waals surface area contributed by atoms with Crippen molar-refractivity contribution >= 4 is 11.5 Å². The molecule has 4 rings (SSSR count). The molecule has 0 aromatic heterocycles. The fraction of sp³-hybridized carbons (Fsp3) is 0.348. The van der Waals surface area contributed by atoms with Crippen molar-refractivity contribution in [1.29, 1.82) is 0 Å². The molecule has 2 unspecified atom stereocenters. The number of methoxy groups -OCH3 is 1. The molecule has 128 valence electrons. The van der Waals surface area contributed by atoms with Crippen LogP contribution in [0.5, 0.6) is 0 Å². The molecule has 2 fully saturated rings. The van der Waals surface area contributed by atoms with Crippen LogP contribution >= 0.6 is 0 Å². The van der Waals surface area contributed by atoms with Gasteiger partial charge in [-0.2, -0.15) is 0 Å². The third kappa shape index (κ3) is 2.70. The van der Waals surface area contributed by atoms with E-state index >= 15 is 0 Å². The molecule has 0 N–H and O–H groups in total. The Morgan fingerprint density at radius 3 is 2.16 bits per heavy atom. The van der Waals surface area contributed by atoms with Crippen LogP contribution in [0, 0.1) is 11.3 Å². The largest absolute Gasteiger partial charge is 0.469 e. The van der Waals surface area contributed by atoms with Crippen molar-refractivity contribution in [2.24, 2.45) is 11.3 Å². The number of benzene rings is 2. The molecule has 0 spiro atoms. The Balaban J connectivity index is 1.84. The van der Waals surface area contributed by atoms with Gasteiger partial charge in [0, 0.05) is 0 Å². The molecule has 2 aliphatic carbocycles. The SMILES string of the molecule is COC(=O)C12CCCC1CC(=C(c1ccccc1)c1ccccc1)C2. The van der Waals surface area contributed by atoms with E-state index in [1.165, 1.54) is 29.4 Å². The van der Waals surface area contributed by atoms with E-state index in [0.29, 0.717) is 5.92 Å². The Bertz CT molecular complexity index is 750. The van der Waals surface area contributed by atoms with Gasteiger partial charge in [-0.3, -0.25) is 4.79 Å². The first kappa shape index (κ1) is 16.1. The molecule has 2 aromatic rings. The van der Waals surface area contributed by atoms with E-state index in [-0.39, 0.29) is 11.4 Å². The minimum Gasteiger partial charge on any atom is -0.469 e. The standard InChI is InChI=1S/C23H24O2/c1-25-22(24)23-14-8-13-20(23)15-19(16-23)21(17-9-4-2-5-10-17)18-11-6-3-7-12-18/h2-7,9-12,20H,8,13-16H2,1H3. The maximum absolute atomic E-state index is 12.6. The lowest BCUT2D eigenvalue weighted by Gasteiger charge is -2.25. The lowest BCUT2D eigenvalue weighted by Crippen LogP contribution is -2.31. The predicted octanol–water partition coefficient (Wildman–Crippen LogP) is 5.24. The van der Waals surface area contributed by atoms with E-state index in [1.54, 1.807) is 0 Å². The Labute approximate surface area is 149 Å². The number of fused-ring (bicyclic) bond motifs is 1. The van der Waals surface area contributed by atoms with Crippen molar-refractivity contribution in [3.8, 4) is 0 Å². The van der Waals surface area contributed by atoms with Gasteiger partial charge in [-0.05, 0) is 48.3 Å². The van der Waals surface area contributed by atoms with E-state index in [2.05, 4.69) is 60.7 Å². The van der Waals surface area contributed by atoms with Gasteiger partial charge < -0.3 is 4.74 Å². The highest BCUT2D eigenvalue weighted by atomic mass is 16.5. The minimum atomic E-state index is -0.293. The van der Waals surface area contributed by atoms with Crippen LogP contribution < -0.4 is 0 Å². The van der Waals surface area contributed by atoms with Crippen LogP contribution in [0.2, 0.25) is 0 Å². The Morgan fingerprint density at radius 2 is 1.60 bits per heavy atom. The molecular formula is C23H24O2. The van der Waals surface area contributed by atoms with Gasteiger partial charge in [0.15, 0.2) is 0 Å². The van der Waals surface area contributed by atoms with Crippen molar-refractivity contribution in [1.82, 2.24) is 0 Å². The summed E-state index contributed by atoms with van der Waals surface area (Å²) in [7, 11) is 1.53. The summed E-state index contributed by atoms with van der Waals surface area (Å²) in [5.41, 5.74) is 4.90. The summed E-state index contributed by atoms with van der Waals surface area (Å²) in [4.78, 5) is 12.6. The van der Waals surface area contributed by atoms with E-state index in [4.69, 9.17) is 4.74 Å². The molecule has 0 aliphatic heterocycles. The zero-order chi connectivity index (χ0) is 17.3. The molecule has 0 radical (unpaired) electrons. The molecule has 25 heavy (non-hydrogen) atoms. The summed E-state index contributed by atoms with van der Waals surface area (Å²) in [5, 5.41) is 0. The van der Waals surface area contributed by atoms with Gasteiger partial charge in [-0.1, -0.05) is 72.7 Å². The quantitative estimate of drug-likeness (QED) is 0.718. The zero-order valence-electron chi connectivity index (χ0n) is 14.7. The second-order valence-electron chi connectivity index (χ2n) is 7.33. The van der Waals surface area contributed by atoms with Gasteiger partial charge in [0.25, 0.3) is 0 Å². The first-order valence-electron chi connectivity index (χ1n) is 9.16. The molecule has 2 aromatic carbocycles. The van der Waals surface area contributed by atoms with E-state index in [0.717, 1.165) is 32.1 Å². The highest BCUT2D eigenvalue weighted by Gasteiger charge is 2.54. The molecular weight excluding hydrogens is 308 g/mol. The van der Waals surface area contributed by atoms with Crippen LogP contribution in [0.15, 0.2) is 66.2 Å². The van der Waals surface area contributed by atoms with Crippen molar-refractivity contribution < 1.29 is 9.53 Å². The fourth-order valence-electron chi connectivity index (χ4n) is 4.94. The molecule has 0 heterocycles. The number of carbonyl (C=O) groups excluding carboxylic acids is 1. The maximum atomic E-state index is 12.6. The maximum Gasteiger partial charge on any atom is 0.312 e. The Kier molecular flexibility index (Phi) is 4.20. The molecule has 2 aliphatic rings. The summed E-state index contributed by atoms with van der Waals surface area (Å²) in [6.07, 6.45) is 5.08. The van der Waals surface area contributed by atoms with Gasteiger partial charge >= 0.3 is 5.97 Å². The van der Waals surface area contributed by atoms with E-state index in [9.17, 15) is 4.79 Å². The van der Waals surface area contributed by atoms with Crippen LogP contribution in [-0.4, -0.2) is 13.1 Å². The number of allylic oxidation sites excluding steroid dienone is 1.